The highest BCUT2D eigenvalue weighted by molar-refractivity contribution is 7.16. The Kier molecular flexibility index (Phi) is 6.19. The summed E-state index contributed by atoms with van der Waals surface area (Å²) in [6.45, 7) is 8.16. The maximum atomic E-state index is 11.9. The molecule has 0 spiro atoms. The number of morpholine rings is 1. The van der Waals surface area contributed by atoms with Crippen molar-refractivity contribution in [1.82, 2.24) is 4.90 Å². The molecule has 0 atom stereocenters. The Morgan fingerprint density at radius 1 is 1.50 bits per heavy atom. The molecule has 1 aromatic heterocycles. The normalized spacial score (nSPS) is 15.3. The Balaban J connectivity index is 1.83. The number of thiophene rings is 1. The lowest BCUT2D eigenvalue weighted by molar-refractivity contribution is 0.0290. The van der Waals surface area contributed by atoms with Gasteiger partial charge >= 0.3 is 6.09 Å². The summed E-state index contributed by atoms with van der Waals surface area (Å²) < 4.78 is 10.5. The minimum Gasteiger partial charge on any atom is -0.448 e. The van der Waals surface area contributed by atoms with Crippen LogP contribution in [-0.2, 0) is 15.9 Å². The highest BCUT2D eigenvalue weighted by Crippen LogP contribution is 2.32. The Bertz CT molecular complexity index is 559. The van der Waals surface area contributed by atoms with Crippen LogP contribution in [0.25, 0.3) is 0 Å². The van der Waals surface area contributed by atoms with Gasteiger partial charge < -0.3 is 9.47 Å². The third kappa shape index (κ3) is 4.19. The van der Waals surface area contributed by atoms with Crippen molar-refractivity contribution in [2.45, 2.75) is 20.3 Å². The van der Waals surface area contributed by atoms with Crippen LogP contribution in [-0.4, -0.2) is 50.4 Å². The van der Waals surface area contributed by atoms with Crippen molar-refractivity contribution in [3.8, 4) is 6.07 Å². The first-order valence-electron chi connectivity index (χ1n) is 7.42. The molecule has 1 saturated heterocycles. The van der Waals surface area contributed by atoms with Crippen LogP contribution in [0.15, 0.2) is 0 Å². The van der Waals surface area contributed by atoms with Crippen LogP contribution in [0.5, 0.6) is 0 Å². The molecule has 1 aromatic rings. The van der Waals surface area contributed by atoms with Crippen LogP contribution in [0.1, 0.15) is 22.9 Å². The van der Waals surface area contributed by atoms with Crippen LogP contribution >= 0.6 is 11.3 Å². The predicted molar refractivity (Wildman–Crippen MR) is 85.4 cm³/mol. The highest BCUT2D eigenvalue weighted by Gasteiger charge is 2.17. The van der Waals surface area contributed by atoms with Gasteiger partial charge in [-0.15, -0.1) is 11.3 Å². The van der Waals surface area contributed by atoms with E-state index in [4.69, 9.17) is 9.47 Å². The molecule has 2 rings (SSSR count). The van der Waals surface area contributed by atoms with Gasteiger partial charge in [0.05, 0.1) is 18.8 Å². The van der Waals surface area contributed by atoms with Gasteiger partial charge in [0.2, 0.25) is 0 Å². The SMILES string of the molecule is CCc1sc(NC(=O)OCCN2CCOCC2)c(C#N)c1C. The fourth-order valence-electron chi connectivity index (χ4n) is 2.34. The Morgan fingerprint density at radius 3 is 2.86 bits per heavy atom. The number of rotatable bonds is 5. The summed E-state index contributed by atoms with van der Waals surface area (Å²) in [6.07, 6.45) is 0.340. The van der Waals surface area contributed by atoms with Crippen molar-refractivity contribution < 1.29 is 14.3 Å². The number of nitriles is 1. The molecule has 0 saturated carbocycles. The summed E-state index contributed by atoms with van der Waals surface area (Å²) in [7, 11) is 0. The summed E-state index contributed by atoms with van der Waals surface area (Å²) in [5.74, 6) is 0. The average Bonchev–Trinajstić information content (AvgIpc) is 2.83. The molecule has 1 amide bonds. The zero-order valence-electron chi connectivity index (χ0n) is 13.0. The first-order chi connectivity index (χ1) is 10.7. The largest absolute Gasteiger partial charge is 0.448 e. The first kappa shape index (κ1) is 16.7. The molecule has 0 radical (unpaired) electrons. The van der Waals surface area contributed by atoms with Crippen LogP contribution in [0.3, 0.4) is 0 Å². The van der Waals surface area contributed by atoms with Crippen LogP contribution in [0.4, 0.5) is 9.80 Å². The Hall–Kier alpha value is -1.62. The lowest BCUT2D eigenvalue weighted by atomic mass is 10.1. The average molecular weight is 323 g/mol. The second-order valence-electron chi connectivity index (χ2n) is 5.03. The fourth-order valence-corrected chi connectivity index (χ4v) is 3.42. The Morgan fingerprint density at radius 2 is 2.23 bits per heavy atom. The number of aryl methyl sites for hydroxylation is 1. The van der Waals surface area contributed by atoms with E-state index in [2.05, 4.69) is 16.3 Å². The van der Waals surface area contributed by atoms with Gasteiger partial charge in [0.15, 0.2) is 0 Å². The molecule has 1 aliphatic rings. The maximum Gasteiger partial charge on any atom is 0.412 e. The number of carbonyl (C=O) groups excluding carboxylic acids is 1. The fraction of sp³-hybridized carbons (Fsp3) is 0.600. The minimum absolute atomic E-state index is 0.332. The summed E-state index contributed by atoms with van der Waals surface area (Å²) >= 11 is 1.44. The van der Waals surface area contributed by atoms with E-state index in [-0.39, 0.29) is 0 Å². The number of ether oxygens (including phenoxy) is 2. The van der Waals surface area contributed by atoms with E-state index >= 15 is 0 Å². The van der Waals surface area contributed by atoms with Gasteiger partial charge in [0.25, 0.3) is 0 Å². The van der Waals surface area contributed by atoms with E-state index in [0.717, 1.165) is 43.2 Å². The molecule has 7 heteroatoms. The minimum atomic E-state index is -0.506. The predicted octanol–water partition coefficient (Wildman–Crippen LogP) is 2.37. The summed E-state index contributed by atoms with van der Waals surface area (Å²) in [6, 6.07) is 2.15. The van der Waals surface area contributed by atoms with E-state index in [1.807, 2.05) is 13.8 Å². The number of hydrogen-bond acceptors (Lipinski definition) is 6. The van der Waals surface area contributed by atoms with Crippen molar-refractivity contribution in [2.75, 3.05) is 44.8 Å². The number of nitrogens with zero attached hydrogens (tertiary/aromatic N) is 2. The van der Waals surface area contributed by atoms with E-state index in [9.17, 15) is 10.1 Å². The van der Waals surface area contributed by atoms with Crippen LogP contribution in [0.2, 0.25) is 0 Å². The maximum absolute atomic E-state index is 11.9. The Labute approximate surface area is 134 Å². The van der Waals surface area contributed by atoms with Crippen molar-refractivity contribution in [1.29, 1.82) is 5.26 Å². The molecule has 120 valence electrons. The molecule has 1 aliphatic heterocycles. The summed E-state index contributed by atoms with van der Waals surface area (Å²) in [5.41, 5.74) is 1.48. The molecule has 2 heterocycles. The summed E-state index contributed by atoms with van der Waals surface area (Å²) in [4.78, 5) is 15.2. The quantitative estimate of drug-likeness (QED) is 0.900. The molecule has 6 nitrogen and oxygen atoms in total. The van der Waals surface area contributed by atoms with Crippen LogP contribution in [0, 0.1) is 18.3 Å². The third-order valence-corrected chi connectivity index (χ3v) is 4.99. The van der Waals surface area contributed by atoms with Gasteiger partial charge in [-0.1, -0.05) is 6.92 Å². The monoisotopic (exact) mass is 323 g/mol. The summed E-state index contributed by atoms with van der Waals surface area (Å²) in [5, 5.41) is 12.5. The van der Waals surface area contributed by atoms with Crippen molar-refractivity contribution >= 4 is 22.4 Å². The molecular weight excluding hydrogens is 302 g/mol. The third-order valence-electron chi connectivity index (χ3n) is 3.64. The molecule has 1 N–H and O–H groups in total. The molecule has 0 aromatic carbocycles. The van der Waals surface area contributed by atoms with Crippen molar-refractivity contribution in [2.24, 2.45) is 0 Å². The highest BCUT2D eigenvalue weighted by atomic mass is 32.1. The topological polar surface area (TPSA) is 74.6 Å². The van der Waals surface area contributed by atoms with Crippen LogP contribution < -0.4 is 5.32 Å². The van der Waals surface area contributed by atoms with Gasteiger partial charge in [-0.05, 0) is 18.9 Å². The number of amides is 1. The molecular formula is C15H21N3O3S. The first-order valence-corrected chi connectivity index (χ1v) is 8.23. The lowest BCUT2D eigenvalue weighted by Gasteiger charge is -2.26. The standard InChI is InChI=1S/C15H21N3O3S/c1-3-13-11(2)12(10-16)14(22-13)17-15(19)21-9-6-18-4-7-20-8-5-18/h3-9H2,1-2H3,(H,17,19). The molecule has 1 fully saturated rings. The smallest absolute Gasteiger partial charge is 0.412 e. The van der Waals surface area contributed by atoms with Gasteiger partial charge in [-0.2, -0.15) is 5.26 Å². The van der Waals surface area contributed by atoms with Gasteiger partial charge in [-0.3, -0.25) is 10.2 Å². The zero-order valence-corrected chi connectivity index (χ0v) is 13.8. The van der Waals surface area contributed by atoms with Crippen molar-refractivity contribution in [3.05, 3.63) is 16.0 Å². The molecule has 0 bridgehead atoms. The van der Waals surface area contributed by atoms with E-state index in [0.29, 0.717) is 23.7 Å². The zero-order chi connectivity index (χ0) is 15.9. The second-order valence-corrected chi connectivity index (χ2v) is 6.14. The van der Waals surface area contributed by atoms with E-state index < -0.39 is 6.09 Å². The van der Waals surface area contributed by atoms with Gasteiger partial charge in [0.1, 0.15) is 17.7 Å². The molecule has 0 unspecified atom stereocenters. The molecule has 22 heavy (non-hydrogen) atoms. The molecule has 0 aliphatic carbocycles. The number of carbonyl (C=O) groups is 1. The van der Waals surface area contributed by atoms with E-state index in [1.54, 1.807) is 0 Å². The number of anilines is 1. The second kappa shape index (κ2) is 8.13. The van der Waals surface area contributed by atoms with E-state index in [1.165, 1.54) is 11.3 Å². The van der Waals surface area contributed by atoms with Gasteiger partial charge in [0, 0.05) is 24.5 Å². The van der Waals surface area contributed by atoms with Crippen molar-refractivity contribution in [3.63, 3.8) is 0 Å². The number of nitrogens with one attached hydrogen (secondary N) is 1. The lowest BCUT2D eigenvalue weighted by Crippen LogP contribution is -2.38. The van der Waals surface area contributed by atoms with Gasteiger partial charge in [-0.25, -0.2) is 4.79 Å². The number of hydrogen-bond donors (Lipinski definition) is 1.